The molecular weight excluding hydrogens is 756 g/mol. The van der Waals surface area contributed by atoms with Crippen LogP contribution in [-0.2, 0) is 26.6 Å². The van der Waals surface area contributed by atoms with Gasteiger partial charge in [-0.25, -0.2) is 23.2 Å². The van der Waals surface area contributed by atoms with E-state index in [1.807, 2.05) is 29.9 Å². The van der Waals surface area contributed by atoms with Crippen LogP contribution >= 0.6 is 11.6 Å². The zero-order valence-electron chi connectivity index (χ0n) is 31.8. The van der Waals surface area contributed by atoms with Crippen molar-refractivity contribution in [2.24, 2.45) is 13.0 Å². The van der Waals surface area contributed by atoms with Crippen molar-refractivity contribution in [1.29, 1.82) is 0 Å². The van der Waals surface area contributed by atoms with Crippen LogP contribution in [0.5, 0.6) is 0 Å². The van der Waals surface area contributed by atoms with Crippen LogP contribution in [0.15, 0.2) is 59.8 Å². The van der Waals surface area contributed by atoms with Gasteiger partial charge >= 0.3 is 6.03 Å². The Balaban J connectivity index is 0.822. The predicted octanol–water partition coefficient (Wildman–Crippen LogP) is 4.45. The molecule has 15 nitrogen and oxygen atoms in total. The van der Waals surface area contributed by atoms with Crippen molar-refractivity contribution < 1.29 is 22.7 Å². The molecule has 8 rings (SSSR count). The molecule has 0 radical (unpaired) electrons. The van der Waals surface area contributed by atoms with E-state index < -0.39 is 16.1 Å². The summed E-state index contributed by atoms with van der Waals surface area (Å²) in [7, 11) is -0.237. The molecule has 0 bridgehead atoms. The maximum Gasteiger partial charge on any atom is 0.329 e. The quantitative estimate of drug-likeness (QED) is 0.234. The van der Waals surface area contributed by atoms with Crippen LogP contribution in [0.4, 0.5) is 22.2 Å². The molecule has 6 heterocycles. The third-order valence-electron chi connectivity index (χ3n) is 11.9. The van der Waals surface area contributed by atoms with Gasteiger partial charge in [0.15, 0.2) is 5.82 Å². The fourth-order valence-electron chi connectivity index (χ4n) is 8.72. The lowest BCUT2D eigenvalue weighted by Crippen LogP contribution is -2.52. The number of carbonyl (C=O) groups excluding carboxylic acids is 2. The van der Waals surface area contributed by atoms with Crippen molar-refractivity contribution in [2.75, 3.05) is 74.6 Å². The van der Waals surface area contributed by atoms with Gasteiger partial charge in [0, 0.05) is 70.9 Å². The highest BCUT2D eigenvalue weighted by Crippen LogP contribution is 2.35. The van der Waals surface area contributed by atoms with Crippen molar-refractivity contribution in [3.8, 4) is 0 Å². The number of urea groups is 1. The fourth-order valence-corrected chi connectivity index (χ4v) is 10.3. The standard InChI is InChI=1S/C39H49ClN10O5S/c1-46-34-20-28(6-7-32(34)37(45-46)50-19-13-36(51)44-39(50)52)27-10-14-47(15-11-27)24-26-8-16-48(17-9-26)30-4-3-5-31(21-30)56(53,54)49-18-12-33(35(25-49)55-2)43-38-41-22-29(40)23-42-38/h3-7,20-23,26-27,33,35H,8-19,24-25H2,1-2H3,(H,41,42,43)(H,44,51,52)/t33-,35+/m0/s1. The number of nitrogens with one attached hydrogen (secondary N) is 2. The summed E-state index contributed by atoms with van der Waals surface area (Å²) in [5, 5.41) is 11.7. The van der Waals surface area contributed by atoms with Gasteiger partial charge in [-0.1, -0.05) is 23.7 Å². The maximum absolute atomic E-state index is 13.9. The number of sulfonamides is 1. The van der Waals surface area contributed by atoms with Gasteiger partial charge in [0.25, 0.3) is 0 Å². The van der Waals surface area contributed by atoms with Crippen LogP contribution in [0.2, 0.25) is 5.02 Å². The van der Waals surface area contributed by atoms with Crippen molar-refractivity contribution in [1.82, 2.24) is 34.3 Å². The van der Waals surface area contributed by atoms with Crippen LogP contribution in [0.1, 0.15) is 50.0 Å². The van der Waals surface area contributed by atoms with E-state index in [4.69, 9.17) is 16.3 Å². The second kappa shape index (κ2) is 16.3. The number of methoxy groups -OCH3 is 1. The molecule has 56 heavy (non-hydrogen) atoms. The minimum atomic E-state index is -3.73. The Morgan fingerprint density at radius 2 is 1.71 bits per heavy atom. The van der Waals surface area contributed by atoms with Crippen LogP contribution in [0.25, 0.3) is 10.9 Å². The van der Waals surface area contributed by atoms with E-state index in [0.29, 0.717) is 53.0 Å². The highest BCUT2D eigenvalue weighted by molar-refractivity contribution is 7.89. The number of imide groups is 1. The van der Waals surface area contributed by atoms with Gasteiger partial charge in [-0.2, -0.15) is 9.40 Å². The van der Waals surface area contributed by atoms with Crippen LogP contribution in [0.3, 0.4) is 0 Å². The molecule has 4 fully saturated rings. The van der Waals surface area contributed by atoms with E-state index >= 15 is 0 Å². The molecule has 4 aliphatic rings. The average Bonchev–Trinajstić information content (AvgIpc) is 3.54. The predicted molar refractivity (Wildman–Crippen MR) is 215 cm³/mol. The molecule has 0 aliphatic carbocycles. The molecule has 3 amide bonds. The highest BCUT2D eigenvalue weighted by Gasteiger charge is 2.37. The fraction of sp³-hybridized carbons (Fsp3) is 0.513. The Morgan fingerprint density at radius 3 is 2.45 bits per heavy atom. The topological polar surface area (TPSA) is 158 Å². The summed E-state index contributed by atoms with van der Waals surface area (Å²) in [6.07, 6.45) is 7.78. The van der Waals surface area contributed by atoms with Crippen LogP contribution < -0.4 is 20.4 Å². The number of rotatable bonds is 10. The third-order valence-corrected chi connectivity index (χ3v) is 14.0. The lowest BCUT2D eigenvalue weighted by atomic mass is 9.88. The zero-order valence-corrected chi connectivity index (χ0v) is 33.4. The summed E-state index contributed by atoms with van der Waals surface area (Å²) < 4.78 is 36.8. The van der Waals surface area contributed by atoms with E-state index in [9.17, 15) is 18.0 Å². The summed E-state index contributed by atoms with van der Waals surface area (Å²) in [5.41, 5.74) is 3.22. The Hall–Kier alpha value is -4.35. The SMILES string of the molecule is CO[C@@H]1CN(S(=O)(=O)c2cccc(N3CCC(CN4CCC(c5ccc6c(N7CCC(=O)NC7=O)nn(C)c6c5)CC4)CC3)c2)CC[C@@H]1Nc1ncc(Cl)cn1. The zero-order chi connectivity index (χ0) is 39.0. The summed E-state index contributed by atoms with van der Waals surface area (Å²) >= 11 is 5.93. The first-order valence-electron chi connectivity index (χ1n) is 19.5. The minimum absolute atomic E-state index is 0.142. The molecular formula is C39H49ClN10O5S. The van der Waals surface area contributed by atoms with E-state index in [2.05, 4.69) is 53.7 Å². The first-order chi connectivity index (χ1) is 27.0. The monoisotopic (exact) mass is 804 g/mol. The number of benzene rings is 2. The molecule has 2 aromatic carbocycles. The molecule has 298 valence electrons. The van der Waals surface area contributed by atoms with E-state index in [-0.39, 0.29) is 31.0 Å². The van der Waals surface area contributed by atoms with Gasteiger partial charge in [-0.15, -0.1) is 0 Å². The number of nitrogens with zero attached hydrogens (tertiary/aromatic N) is 8. The number of halogens is 1. The Morgan fingerprint density at radius 1 is 0.946 bits per heavy atom. The number of piperidine rings is 3. The Kier molecular flexibility index (Phi) is 11.2. The number of amides is 3. The number of carbonyl (C=O) groups is 2. The van der Waals surface area contributed by atoms with Crippen molar-refractivity contribution in [3.05, 3.63) is 65.4 Å². The molecule has 2 aromatic heterocycles. The van der Waals surface area contributed by atoms with Crippen molar-refractivity contribution in [2.45, 2.75) is 61.5 Å². The maximum atomic E-state index is 13.9. The lowest BCUT2D eigenvalue weighted by molar-refractivity contribution is -0.120. The Labute approximate surface area is 332 Å². The normalized spacial score (nSPS) is 22.5. The average molecular weight is 805 g/mol. The molecule has 0 saturated carbocycles. The number of likely N-dealkylation sites (tertiary alicyclic amines) is 1. The summed E-state index contributed by atoms with van der Waals surface area (Å²) in [6.45, 7) is 5.86. The number of hydrogen-bond donors (Lipinski definition) is 2. The van der Waals surface area contributed by atoms with Gasteiger partial charge in [0.05, 0.1) is 40.0 Å². The molecule has 2 atom stereocenters. The molecule has 17 heteroatoms. The lowest BCUT2D eigenvalue weighted by Gasteiger charge is -2.39. The number of aryl methyl sites for hydroxylation is 1. The van der Waals surface area contributed by atoms with Crippen LogP contribution in [0, 0.1) is 5.92 Å². The summed E-state index contributed by atoms with van der Waals surface area (Å²) in [5.74, 6) is 1.82. The number of anilines is 3. The van der Waals surface area contributed by atoms with Crippen LogP contribution in [-0.4, -0.2) is 121 Å². The number of fused-ring (bicyclic) bond motifs is 1. The summed E-state index contributed by atoms with van der Waals surface area (Å²) in [4.78, 5) is 39.4. The van der Waals surface area contributed by atoms with Gasteiger partial charge in [0.2, 0.25) is 21.9 Å². The second-order valence-corrected chi connectivity index (χ2v) is 17.8. The number of hydrogen-bond acceptors (Lipinski definition) is 11. The van der Waals surface area contributed by atoms with Gasteiger partial charge in [-0.05, 0) is 92.9 Å². The molecule has 4 aromatic rings. The first kappa shape index (κ1) is 38.5. The molecule has 0 unspecified atom stereocenters. The molecule has 2 N–H and O–H groups in total. The smallest absolute Gasteiger partial charge is 0.329 e. The van der Waals surface area contributed by atoms with Gasteiger partial charge in [0.1, 0.15) is 0 Å². The van der Waals surface area contributed by atoms with Crippen molar-refractivity contribution in [3.63, 3.8) is 0 Å². The first-order valence-corrected chi connectivity index (χ1v) is 21.3. The van der Waals surface area contributed by atoms with E-state index in [0.717, 1.165) is 75.0 Å². The van der Waals surface area contributed by atoms with Gasteiger partial charge in [-0.3, -0.25) is 19.7 Å². The largest absolute Gasteiger partial charge is 0.378 e. The second-order valence-electron chi connectivity index (χ2n) is 15.4. The molecule has 0 spiro atoms. The van der Waals surface area contributed by atoms with E-state index in [1.165, 1.54) is 22.3 Å². The third kappa shape index (κ3) is 8.07. The minimum Gasteiger partial charge on any atom is -0.378 e. The molecule has 4 saturated heterocycles. The van der Waals surface area contributed by atoms with Crippen molar-refractivity contribution >= 4 is 61.9 Å². The van der Waals surface area contributed by atoms with E-state index in [1.54, 1.807) is 18.1 Å². The summed E-state index contributed by atoms with van der Waals surface area (Å²) in [6, 6.07) is 13.3. The Bertz CT molecular complexity index is 2170. The highest BCUT2D eigenvalue weighted by atomic mass is 35.5. The number of ether oxygens (including phenoxy) is 1. The number of aromatic nitrogens is 4. The van der Waals surface area contributed by atoms with Gasteiger partial charge < -0.3 is 19.9 Å². The molecule has 4 aliphatic heterocycles.